The Balaban J connectivity index is 0.000000277. The van der Waals surface area contributed by atoms with Gasteiger partial charge in [0.1, 0.15) is 28.7 Å². The maximum absolute atomic E-state index is 6.52. The first kappa shape index (κ1) is 128. The van der Waals surface area contributed by atoms with Crippen molar-refractivity contribution in [3.8, 4) is 57.5 Å². The molecule has 800 valence electrons. The van der Waals surface area contributed by atoms with E-state index in [0.29, 0.717) is 234 Å². The molecule has 0 aliphatic rings. The van der Waals surface area contributed by atoms with Gasteiger partial charge in [0.25, 0.3) is 0 Å². The molecule has 10 aromatic carbocycles. The van der Waals surface area contributed by atoms with Crippen LogP contribution < -0.4 is 47.4 Å². The van der Waals surface area contributed by atoms with Gasteiger partial charge in [-0.05, 0) is 207 Å². The molecule has 10 rings (SSSR count). The van der Waals surface area contributed by atoms with Crippen molar-refractivity contribution in [2.75, 3.05) is 95.5 Å². The van der Waals surface area contributed by atoms with E-state index in [-0.39, 0.29) is 27.1 Å². The minimum absolute atomic E-state index is 0.273. The first-order valence-corrected chi connectivity index (χ1v) is 57.0. The van der Waals surface area contributed by atoms with E-state index < -0.39 is 0 Å². The van der Waals surface area contributed by atoms with Crippen LogP contribution in [0.15, 0.2) is 182 Å². The summed E-state index contributed by atoms with van der Waals surface area (Å²) in [6.07, 6.45) is 5.23. The second-order valence-corrected chi connectivity index (χ2v) is 47.2. The number of rotatable bonds is 50. The highest BCUT2D eigenvalue weighted by Crippen LogP contribution is 2.48. The maximum atomic E-state index is 6.52. The van der Waals surface area contributed by atoms with Gasteiger partial charge in [0.05, 0.1) is 116 Å². The van der Waals surface area contributed by atoms with E-state index in [4.69, 9.17) is 221 Å². The zero-order valence-corrected chi connectivity index (χ0v) is 101. The molecule has 145 heavy (non-hydrogen) atoms. The molecule has 10 aromatic rings. The summed E-state index contributed by atoms with van der Waals surface area (Å²) in [4.78, 5) is 0. The number of hydrogen-bond acceptors (Lipinski definition) is 10. The third-order valence-electron chi connectivity index (χ3n) is 26.5. The Labute approximate surface area is 945 Å². The van der Waals surface area contributed by atoms with Crippen molar-refractivity contribution in [3.05, 3.63) is 288 Å². The number of benzene rings is 10. The van der Waals surface area contributed by atoms with Gasteiger partial charge in [0.2, 0.25) is 0 Å². The molecule has 25 heteroatoms. The highest BCUT2D eigenvalue weighted by Gasteiger charge is 2.33. The van der Waals surface area contributed by atoms with E-state index in [1.165, 1.54) is 0 Å². The summed E-state index contributed by atoms with van der Waals surface area (Å²) < 4.78 is 58.4. The van der Waals surface area contributed by atoms with E-state index in [2.05, 4.69) is 234 Å². The third-order valence-corrected chi connectivity index (χ3v) is 32.0. The van der Waals surface area contributed by atoms with Crippen molar-refractivity contribution in [1.29, 1.82) is 0 Å². The van der Waals surface area contributed by atoms with Gasteiger partial charge in [-0.15, -0.1) is 58.0 Å². The second kappa shape index (κ2) is 62.7. The lowest BCUT2D eigenvalue weighted by atomic mass is 9.78. The molecule has 0 radical (unpaired) electrons. The van der Waals surface area contributed by atoms with Crippen LogP contribution in [-0.4, -0.2) is 95.5 Å². The molecule has 0 amide bonds. The fourth-order valence-electron chi connectivity index (χ4n) is 14.1. The molecule has 0 saturated heterocycles. The van der Waals surface area contributed by atoms with Gasteiger partial charge in [-0.1, -0.05) is 382 Å². The quantitative estimate of drug-likeness (QED) is 0.0343. The van der Waals surface area contributed by atoms with E-state index in [1.807, 2.05) is 121 Å². The lowest BCUT2D eigenvalue weighted by molar-refractivity contribution is 0.257. The molecular formula is C120H155Cl15O10. The van der Waals surface area contributed by atoms with Crippen molar-refractivity contribution in [3.63, 3.8) is 0 Å². The fourth-order valence-corrected chi connectivity index (χ4v) is 17.5. The van der Waals surface area contributed by atoms with E-state index in [1.54, 1.807) is 0 Å². The van der Waals surface area contributed by atoms with Crippen LogP contribution in [0.5, 0.6) is 57.5 Å². The largest absolute Gasteiger partial charge is 0.493 e. The van der Waals surface area contributed by atoms with E-state index in [9.17, 15) is 0 Å². The minimum Gasteiger partial charge on any atom is -0.493 e. The van der Waals surface area contributed by atoms with Crippen molar-refractivity contribution in [1.82, 2.24) is 0 Å². The van der Waals surface area contributed by atoms with Gasteiger partial charge in [-0.2, -0.15) is 0 Å². The van der Waals surface area contributed by atoms with Gasteiger partial charge >= 0.3 is 0 Å². The summed E-state index contributed by atoms with van der Waals surface area (Å²) in [5, 5.41) is 5.41. The van der Waals surface area contributed by atoms with Crippen LogP contribution in [0, 0.1) is 59.2 Å². The van der Waals surface area contributed by atoms with Gasteiger partial charge in [-0.25, -0.2) is 0 Å². The van der Waals surface area contributed by atoms with Crippen LogP contribution in [0.3, 0.4) is 0 Å². The molecule has 2 unspecified atom stereocenters. The molecule has 0 aromatic heterocycles. The molecule has 0 heterocycles. The molecule has 0 spiro atoms. The van der Waals surface area contributed by atoms with Crippen molar-refractivity contribution < 1.29 is 47.4 Å². The Hall–Kier alpha value is -5.45. The summed E-state index contributed by atoms with van der Waals surface area (Å²) in [7, 11) is 0. The van der Waals surface area contributed by atoms with Gasteiger partial charge in [-0.3, -0.25) is 0 Å². The molecule has 0 fully saturated rings. The first-order chi connectivity index (χ1) is 68.4. The SMILES string of the molecule is CCC(C)COc1c(Cl)cc(C(C)(C)c2ccc(OCC(C)CCl)cc2)cc1Cl.CC[C@@H](C)COc1c(Cl)cc(C(C)(C)c2ccc(OC[C@@H](C)CCl)cc2)cc1Cl.CC[C@@H](C)COc1c(Cl)cc(C(C)(C)c2ccc(OC[C@H](C)CCl)cc2)cc1Cl.CC[C@H](C)COc1c(Cl)cc(C(C)(C)c2ccc(OC[C@@H](C)CCl)cc2)cc1Cl.CC[C@H](C)COc1c(Cl)cc(C(C)(C)c2ccc(OC[C@H](C)CCl)cc2)cc1Cl. The minimum atomic E-state index is -0.273. The average Bonchev–Trinajstić information content (AvgIpc) is 0.801. The topological polar surface area (TPSA) is 92.3 Å². The van der Waals surface area contributed by atoms with Crippen LogP contribution in [0.4, 0.5) is 0 Å². The van der Waals surface area contributed by atoms with Gasteiger partial charge < -0.3 is 47.4 Å². The Morgan fingerprint density at radius 3 is 0.386 bits per heavy atom. The maximum Gasteiger partial charge on any atom is 0.156 e. The fraction of sp³-hybridized carbons (Fsp3) is 0.500. The van der Waals surface area contributed by atoms with Crippen LogP contribution in [0.25, 0.3) is 0 Å². The first-order valence-electron chi connectivity index (χ1n) is 50.5. The Kier molecular flexibility index (Phi) is 55.4. The summed E-state index contributed by atoms with van der Waals surface area (Å²) in [6, 6.07) is 60.2. The predicted octanol–water partition coefficient (Wildman–Crippen LogP) is 40.0. The Morgan fingerprint density at radius 2 is 0.283 bits per heavy atom. The van der Waals surface area contributed by atoms with Gasteiger partial charge in [0, 0.05) is 86.1 Å². The third kappa shape index (κ3) is 39.9. The molecular weight excluding hydrogens is 2130 g/mol. The summed E-state index contributed by atoms with van der Waals surface area (Å²) >= 11 is 94.4. The van der Waals surface area contributed by atoms with Crippen LogP contribution in [-0.2, 0) is 27.1 Å². The van der Waals surface area contributed by atoms with E-state index >= 15 is 0 Å². The summed E-state index contributed by atoms with van der Waals surface area (Å²) in [5.41, 5.74) is 9.55. The smallest absolute Gasteiger partial charge is 0.156 e. The highest BCUT2D eigenvalue weighted by atomic mass is 35.5. The molecule has 10 atom stereocenters. The lowest BCUT2D eigenvalue weighted by Crippen LogP contribution is -2.19. The number of hydrogen-bond donors (Lipinski definition) is 0. The Morgan fingerprint density at radius 1 is 0.172 bits per heavy atom. The molecule has 0 aliphatic heterocycles. The van der Waals surface area contributed by atoms with Crippen LogP contribution in [0.2, 0.25) is 50.2 Å². The standard InChI is InChI=1S/5C24H31Cl3O2/c5*1-6-16(2)14-29-23-21(26)11-19(12-22(23)27)24(4,5)18-7-9-20(10-8-18)28-15-17(3)13-25/h5*7-12,16-17H,6,13-15H2,1-5H3/t2*16-,17+;2*16-,17-;/m1010./s1. The van der Waals surface area contributed by atoms with E-state index in [0.717, 1.165) is 116 Å². The number of ether oxygens (including phenoxy) is 10. The molecule has 0 saturated carbocycles. The molecule has 0 N–H and O–H groups in total. The van der Waals surface area contributed by atoms with Gasteiger partial charge in [0.15, 0.2) is 28.7 Å². The van der Waals surface area contributed by atoms with Crippen molar-refractivity contribution >= 4 is 174 Å². The summed E-state index contributed by atoms with van der Waals surface area (Å²) in [5.74, 6) is 13.8. The predicted molar refractivity (Wildman–Crippen MR) is 627 cm³/mol. The summed E-state index contributed by atoms with van der Waals surface area (Å²) in [6.45, 7) is 59.3. The normalized spacial score (nSPS) is 13.8. The molecule has 10 nitrogen and oxygen atoms in total. The zero-order chi connectivity index (χ0) is 108. The number of halogens is 15. The van der Waals surface area contributed by atoms with Crippen molar-refractivity contribution in [2.45, 2.75) is 232 Å². The zero-order valence-electron chi connectivity index (χ0n) is 89.5. The Bertz CT molecular complexity index is 4600. The molecule has 0 bridgehead atoms. The highest BCUT2D eigenvalue weighted by molar-refractivity contribution is 6.40. The monoisotopic (exact) mass is 2280 g/mol. The number of alkyl halides is 5. The average molecular weight is 2290 g/mol. The van der Waals surface area contributed by atoms with Crippen LogP contribution >= 0.6 is 174 Å². The van der Waals surface area contributed by atoms with Crippen molar-refractivity contribution in [2.24, 2.45) is 59.2 Å². The lowest BCUT2D eigenvalue weighted by Gasteiger charge is -2.27. The second-order valence-electron chi connectivity index (χ2n) is 41.6. The van der Waals surface area contributed by atoms with Crippen LogP contribution in [0.1, 0.15) is 261 Å². The molecule has 0 aliphatic carbocycles.